The predicted molar refractivity (Wildman–Crippen MR) is 108 cm³/mol. The zero-order valence-electron chi connectivity index (χ0n) is 14.3. The summed E-state index contributed by atoms with van der Waals surface area (Å²) in [6.45, 7) is 0. The van der Waals surface area contributed by atoms with Crippen molar-refractivity contribution in [2.45, 2.75) is 6.42 Å². The van der Waals surface area contributed by atoms with Crippen molar-refractivity contribution < 1.29 is 9.53 Å². The molecule has 2 N–H and O–H groups in total. The number of aromatic nitrogens is 3. The van der Waals surface area contributed by atoms with Gasteiger partial charge in [-0.1, -0.05) is 23.7 Å². The first kappa shape index (κ1) is 17.5. The van der Waals surface area contributed by atoms with Gasteiger partial charge in [-0.25, -0.2) is 9.97 Å². The number of rotatable bonds is 5. The molecule has 27 heavy (non-hydrogen) atoms. The van der Waals surface area contributed by atoms with Crippen molar-refractivity contribution in [3.63, 3.8) is 0 Å². The third-order valence-electron chi connectivity index (χ3n) is 4.02. The van der Waals surface area contributed by atoms with Crippen molar-refractivity contribution in [1.29, 1.82) is 0 Å². The van der Waals surface area contributed by atoms with Crippen LogP contribution in [0.25, 0.3) is 22.3 Å². The summed E-state index contributed by atoms with van der Waals surface area (Å²) in [7, 11) is 1.60. The molecule has 0 aliphatic heterocycles. The summed E-state index contributed by atoms with van der Waals surface area (Å²) >= 11 is 7.42. The molecule has 0 unspecified atom stereocenters. The number of nitrogens with one attached hydrogen (secondary N) is 2. The number of methoxy groups -OCH3 is 1. The fourth-order valence-electron chi connectivity index (χ4n) is 2.78. The first-order valence-corrected chi connectivity index (χ1v) is 9.39. The van der Waals surface area contributed by atoms with Gasteiger partial charge in [0.25, 0.3) is 0 Å². The lowest BCUT2D eigenvalue weighted by Crippen LogP contribution is -2.14. The number of thiazole rings is 1. The minimum absolute atomic E-state index is 0.132. The first-order chi connectivity index (χ1) is 13.1. The molecule has 136 valence electrons. The lowest BCUT2D eigenvalue weighted by atomic mass is 10.1. The molecule has 0 radical (unpaired) electrons. The number of carbonyl (C=O) groups excluding carboxylic acids is 1. The van der Waals surface area contributed by atoms with Crippen molar-refractivity contribution in [3.8, 4) is 17.0 Å². The summed E-state index contributed by atoms with van der Waals surface area (Å²) in [5, 5.41) is 6.73. The van der Waals surface area contributed by atoms with E-state index < -0.39 is 0 Å². The van der Waals surface area contributed by atoms with Crippen LogP contribution >= 0.6 is 22.9 Å². The fourth-order valence-corrected chi connectivity index (χ4v) is 3.66. The lowest BCUT2D eigenvalue weighted by molar-refractivity contribution is -0.115. The van der Waals surface area contributed by atoms with Gasteiger partial charge in [0.1, 0.15) is 11.4 Å². The predicted octanol–water partition coefficient (Wildman–Crippen LogP) is 4.53. The van der Waals surface area contributed by atoms with Crippen molar-refractivity contribution in [1.82, 2.24) is 15.0 Å². The van der Waals surface area contributed by atoms with Gasteiger partial charge in [-0.2, -0.15) is 0 Å². The zero-order chi connectivity index (χ0) is 18.8. The van der Waals surface area contributed by atoms with E-state index >= 15 is 0 Å². The Bertz CT molecular complexity index is 1120. The number of fused-ring (bicyclic) bond motifs is 1. The number of amides is 1. The van der Waals surface area contributed by atoms with Crippen LogP contribution in [0.3, 0.4) is 0 Å². The van der Waals surface area contributed by atoms with Crippen LogP contribution in [-0.2, 0) is 11.2 Å². The largest absolute Gasteiger partial charge is 0.497 e. The van der Waals surface area contributed by atoms with E-state index in [9.17, 15) is 4.79 Å². The number of carbonyl (C=O) groups is 1. The van der Waals surface area contributed by atoms with Gasteiger partial charge in [-0.15, -0.1) is 11.3 Å². The number of pyridine rings is 1. The Balaban J connectivity index is 1.50. The number of benzene rings is 1. The van der Waals surface area contributed by atoms with Crippen LogP contribution in [-0.4, -0.2) is 28.0 Å². The van der Waals surface area contributed by atoms with E-state index in [1.807, 2.05) is 41.9 Å². The topological polar surface area (TPSA) is 79.9 Å². The summed E-state index contributed by atoms with van der Waals surface area (Å²) in [6, 6.07) is 9.28. The molecule has 4 aromatic rings. The smallest absolute Gasteiger partial charge is 0.230 e. The number of aromatic amines is 1. The molecule has 1 aromatic carbocycles. The molecule has 1 amide bonds. The van der Waals surface area contributed by atoms with Gasteiger partial charge in [0, 0.05) is 28.7 Å². The Morgan fingerprint density at radius 1 is 1.37 bits per heavy atom. The number of hydrogen-bond donors (Lipinski definition) is 2. The van der Waals surface area contributed by atoms with Crippen LogP contribution in [0, 0.1) is 0 Å². The maximum absolute atomic E-state index is 12.3. The van der Waals surface area contributed by atoms with Crippen LogP contribution in [0.15, 0.2) is 48.1 Å². The molecule has 3 heterocycles. The monoisotopic (exact) mass is 398 g/mol. The van der Waals surface area contributed by atoms with E-state index in [0.29, 0.717) is 10.2 Å². The quantitative estimate of drug-likeness (QED) is 0.517. The molecule has 0 aliphatic carbocycles. The second kappa shape index (κ2) is 7.38. The summed E-state index contributed by atoms with van der Waals surface area (Å²) in [4.78, 5) is 24.2. The highest BCUT2D eigenvalue weighted by molar-refractivity contribution is 7.14. The van der Waals surface area contributed by atoms with E-state index in [-0.39, 0.29) is 12.3 Å². The molecule has 0 bridgehead atoms. The lowest BCUT2D eigenvalue weighted by Gasteiger charge is -2.04. The normalized spacial score (nSPS) is 10.9. The fraction of sp³-hybridized carbons (Fsp3) is 0.105. The van der Waals surface area contributed by atoms with Crippen molar-refractivity contribution in [2.24, 2.45) is 0 Å². The van der Waals surface area contributed by atoms with E-state index in [4.69, 9.17) is 16.3 Å². The van der Waals surface area contributed by atoms with Crippen LogP contribution in [0.4, 0.5) is 5.13 Å². The highest BCUT2D eigenvalue weighted by atomic mass is 35.5. The number of halogens is 1. The number of anilines is 1. The molecule has 0 fully saturated rings. The standard InChI is InChI=1S/C19H15ClN4O2S/c1-26-13-4-2-3-11(5-13)6-17(25)24-19-23-16(10-27-19)15-9-22-18-14(15)7-12(20)8-21-18/h2-5,7-10H,6H2,1H3,(H,21,22)(H,23,24,25). The van der Waals surface area contributed by atoms with Gasteiger partial charge in [0.15, 0.2) is 5.13 Å². The summed E-state index contributed by atoms with van der Waals surface area (Å²) < 4.78 is 5.18. The maximum Gasteiger partial charge on any atom is 0.230 e. The summed E-state index contributed by atoms with van der Waals surface area (Å²) in [6.07, 6.45) is 3.68. The second-order valence-corrected chi connectivity index (χ2v) is 7.16. The van der Waals surface area contributed by atoms with Crippen molar-refractivity contribution in [2.75, 3.05) is 12.4 Å². The third kappa shape index (κ3) is 3.79. The van der Waals surface area contributed by atoms with E-state index in [1.54, 1.807) is 13.3 Å². The van der Waals surface area contributed by atoms with Crippen LogP contribution in [0.5, 0.6) is 5.75 Å². The first-order valence-electron chi connectivity index (χ1n) is 8.13. The summed E-state index contributed by atoms with van der Waals surface area (Å²) in [5.74, 6) is 0.594. The van der Waals surface area contributed by atoms with Gasteiger partial charge in [0.05, 0.1) is 24.2 Å². The molecule has 0 spiro atoms. The molecular weight excluding hydrogens is 384 g/mol. The van der Waals surface area contributed by atoms with Crippen molar-refractivity contribution in [3.05, 3.63) is 58.7 Å². The van der Waals surface area contributed by atoms with Crippen molar-refractivity contribution >= 4 is 45.0 Å². The van der Waals surface area contributed by atoms with E-state index in [1.165, 1.54) is 11.3 Å². The highest BCUT2D eigenvalue weighted by Gasteiger charge is 2.13. The molecule has 0 saturated heterocycles. The Hall–Kier alpha value is -2.90. The number of H-pyrrole nitrogens is 1. The van der Waals surface area contributed by atoms with Gasteiger partial charge >= 0.3 is 0 Å². The molecular formula is C19H15ClN4O2S. The van der Waals surface area contributed by atoms with Crippen LogP contribution in [0.1, 0.15) is 5.56 Å². The zero-order valence-corrected chi connectivity index (χ0v) is 15.9. The SMILES string of the molecule is COc1cccc(CC(=O)Nc2nc(-c3c[nH]c4ncc(Cl)cc34)cs2)c1. The Morgan fingerprint density at radius 2 is 2.26 bits per heavy atom. The average Bonchev–Trinajstić information content (AvgIpc) is 3.28. The van der Waals surface area contributed by atoms with E-state index in [2.05, 4.69) is 20.3 Å². The van der Waals surface area contributed by atoms with Gasteiger partial charge in [-0.05, 0) is 23.8 Å². The molecule has 0 atom stereocenters. The minimum Gasteiger partial charge on any atom is -0.497 e. The molecule has 8 heteroatoms. The Kier molecular flexibility index (Phi) is 4.79. The molecule has 0 aliphatic rings. The van der Waals surface area contributed by atoms with Gasteiger partial charge in [-0.3, -0.25) is 4.79 Å². The molecule has 4 rings (SSSR count). The molecule has 3 aromatic heterocycles. The second-order valence-electron chi connectivity index (χ2n) is 5.87. The number of ether oxygens (including phenoxy) is 1. The third-order valence-corrected chi connectivity index (χ3v) is 4.99. The maximum atomic E-state index is 12.3. The van der Waals surface area contributed by atoms with E-state index in [0.717, 1.165) is 33.6 Å². The molecule has 0 saturated carbocycles. The average molecular weight is 399 g/mol. The Labute approximate surface area is 164 Å². The summed E-state index contributed by atoms with van der Waals surface area (Å²) in [5.41, 5.74) is 3.27. The Morgan fingerprint density at radius 3 is 3.11 bits per heavy atom. The van der Waals surface area contributed by atoms with Gasteiger partial charge < -0.3 is 15.0 Å². The highest BCUT2D eigenvalue weighted by Crippen LogP contribution is 2.31. The minimum atomic E-state index is -0.132. The number of hydrogen-bond acceptors (Lipinski definition) is 5. The van der Waals surface area contributed by atoms with Crippen LogP contribution in [0.2, 0.25) is 5.02 Å². The number of nitrogens with zero attached hydrogens (tertiary/aromatic N) is 2. The van der Waals surface area contributed by atoms with Gasteiger partial charge in [0.2, 0.25) is 5.91 Å². The molecule has 6 nitrogen and oxygen atoms in total. The van der Waals surface area contributed by atoms with Crippen LogP contribution < -0.4 is 10.1 Å².